The quantitative estimate of drug-likeness (QED) is 0.817. The van der Waals surface area contributed by atoms with Gasteiger partial charge in [-0.15, -0.1) is 12.4 Å². The summed E-state index contributed by atoms with van der Waals surface area (Å²) < 4.78 is 19.0. The zero-order valence-electron chi connectivity index (χ0n) is 15.8. The Hall–Kier alpha value is -0.745. The molecule has 1 aromatic rings. The van der Waals surface area contributed by atoms with E-state index in [0.717, 1.165) is 18.1 Å². The maximum atomic E-state index is 6.66. The first-order chi connectivity index (χ1) is 11.9. The molecule has 142 valence electrons. The lowest BCUT2D eigenvalue weighted by Gasteiger charge is -2.64. The summed E-state index contributed by atoms with van der Waals surface area (Å²) >= 11 is 0. The lowest BCUT2D eigenvalue weighted by molar-refractivity contribution is -0.199. The molecule has 3 saturated carbocycles. The molecular formula is C20H29BClNO3. The van der Waals surface area contributed by atoms with Gasteiger partial charge >= 0.3 is 7.12 Å². The second-order valence-corrected chi connectivity index (χ2v) is 9.19. The third-order valence-electron chi connectivity index (χ3n) is 7.84. The van der Waals surface area contributed by atoms with Crippen LogP contribution in [0.15, 0.2) is 24.3 Å². The number of rotatable bonds is 3. The van der Waals surface area contributed by atoms with Crippen LogP contribution in [-0.2, 0) is 9.31 Å². The smallest absolute Gasteiger partial charge is 0.463 e. The molecule has 2 bridgehead atoms. The van der Waals surface area contributed by atoms with Gasteiger partial charge in [-0.2, -0.15) is 0 Å². The maximum absolute atomic E-state index is 6.66. The van der Waals surface area contributed by atoms with Gasteiger partial charge in [0.25, 0.3) is 0 Å². The van der Waals surface area contributed by atoms with Crippen molar-refractivity contribution in [3.63, 3.8) is 0 Å². The zero-order valence-corrected chi connectivity index (χ0v) is 16.6. The highest BCUT2D eigenvalue weighted by molar-refractivity contribution is 6.47. The van der Waals surface area contributed by atoms with Crippen LogP contribution in [-0.4, -0.2) is 32.0 Å². The fourth-order valence-corrected chi connectivity index (χ4v) is 6.09. The average Bonchev–Trinajstić information content (AvgIpc) is 3.16. The molecule has 2 unspecified atom stereocenters. The van der Waals surface area contributed by atoms with E-state index >= 15 is 0 Å². The van der Waals surface area contributed by atoms with Crippen molar-refractivity contribution in [1.29, 1.82) is 0 Å². The highest BCUT2D eigenvalue weighted by atomic mass is 35.5. The van der Waals surface area contributed by atoms with Gasteiger partial charge in [0, 0.05) is 17.3 Å². The Labute approximate surface area is 162 Å². The minimum Gasteiger partial charge on any atom is -0.493 e. The van der Waals surface area contributed by atoms with E-state index < -0.39 is 0 Å². The number of hydrogen-bond acceptors (Lipinski definition) is 4. The van der Waals surface area contributed by atoms with Crippen LogP contribution in [0.4, 0.5) is 0 Å². The number of nitrogens with two attached hydrogens (primary N) is 1. The first-order valence-corrected chi connectivity index (χ1v) is 9.70. The van der Waals surface area contributed by atoms with E-state index in [0.29, 0.717) is 24.5 Å². The number of fused-ring (bicyclic) bond motifs is 1. The van der Waals surface area contributed by atoms with E-state index in [1.807, 2.05) is 12.1 Å². The molecule has 2 N–H and O–H groups in total. The van der Waals surface area contributed by atoms with Gasteiger partial charge < -0.3 is 19.8 Å². The molecule has 0 amide bonds. The summed E-state index contributed by atoms with van der Waals surface area (Å²) in [6.45, 7) is 8.28. The molecule has 6 heteroatoms. The second-order valence-electron chi connectivity index (χ2n) is 9.19. The Morgan fingerprint density at radius 3 is 2.73 bits per heavy atom. The van der Waals surface area contributed by atoms with Gasteiger partial charge in [-0.05, 0) is 49.6 Å². The summed E-state index contributed by atoms with van der Waals surface area (Å²) in [5.41, 5.74) is 7.64. The Bertz CT molecular complexity index is 701. The van der Waals surface area contributed by atoms with Crippen molar-refractivity contribution >= 4 is 19.5 Å². The summed E-state index contributed by atoms with van der Waals surface area (Å²) in [7, 11) is -0.227. The van der Waals surface area contributed by atoms with Crippen LogP contribution >= 0.6 is 12.4 Å². The van der Waals surface area contributed by atoms with Crippen LogP contribution in [0.25, 0.3) is 0 Å². The molecule has 1 saturated heterocycles. The van der Waals surface area contributed by atoms with Crippen LogP contribution in [0.5, 0.6) is 5.75 Å². The first kappa shape index (κ1) is 18.6. The van der Waals surface area contributed by atoms with Gasteiger partial charge in [0.1, 0.15) is 5.75 Å². The maximum Gasteiger partial charge on any atom is 0.463 e. The molecule has 0 aromatic heterocycles. The topological polar surface area (TPSA) is 53.7 Å². The molecule has 1 aromatic carbocycles. The molecule has 5 aliphatic rings. The van der Waals surface area contributed by atoms with E-state index in [9.17, 15) is 0 Å². The monoisotopic (exact) mass is 377 g/mol. The Kier molecular flexibility index (Phi) is 4.39. The van der Waals surface area contributed by atoms with Crippen molar-refractivity contribution < 1.29 is 14.0 Å². The summed E-state index contributed by atoms with van der Waals surface area (Å²) in [5, 5.41) is 0. The molecule has 0 spiro atoms. The first-order valence-electron chi connectivity index (χ1n) is 9.70. The molecular weight excluding hydrogens is 348 g/mol. The molecule has 6 atom stereocenters. The molecule has 0 radical (unpaired) electrons. The van der Waals surface area contributed by atoms with E-state index in [2.05, 4.69) is 32.9 Å². The number of para-hydroxylation sites is 1. The average molecular weight is 378 g/mol. The Morgan fingerprint density at radius 1 is 1.23 bits per heavy atom. The third kappa shape index (κ3) is 2.33. The SMILES string of the molecule is CC1(C)[C@@H]2C[C@H]3OB(C(CN)C4COc5ccccc54)O[C@@]3(C)[C@H]1C2.Cl. The van der Waals surface area contributed by atoms with Gasteiger partial charge in [-0.25, -0.2) is 0 Å². The largest absolute Gasteiger partial charge is 0.493 e. The van der Waals surface area contributed by atoms with Crippen molar-refractivity contribution in [1.82, 2.24) is 0 Å². The van der Waals surface area contributed by atoms with Crippen LogP contribution < -0.4 is 10.5 Å². The van der Waals surface area contributed by atoms with Crippen LogP contribution in [0.3, 0.4) is 0 Å². The van der Waals surface area contributed by atoms with Gasteiger partial charge in [0.2, 0.25) is 0 Å². The number of benzene rings is 1. The van der Waals surface area contributed by atoms with E-state index in [1.54, 1.807) is 0 Å². The molecule has 4 nitrogen and oxygen atoms in total. The molecule has 4 fully saturated rings. The normalized spacial score (nSPS) is 39.9. The van der Waals surface area contributed by atoms with Crippen molar-refractivity contribution in [2.45, 2.75) is 57.1 Å². The summed E-state index contributed by atoms with van der Waals surface area (Å²) in [4.78, 5) is 0. The molecule has 26 heavy (non-hydrogen) atoms. The van der Waals surface area contributed by atoms with E-state index in [-0.39, 0.29) is 43.0 Å². The van der Waals surface area contributed by atoms with Crippen LogP contribution in [0.1, 0.15) is 45.1 Å². The van der Waals surface area contributed by atoms with Gasteiger partial charge in [-0.3, -0.25) is 0 Å². The fourth-order valence-electron chi connectivity index (χ4n) is 6.09. The van der Waals surface area contributed by atoms with E-state index in [1.165, 1.54) is 12.0 Å². The lowest BCUT2D eigenvalue weighted by atomic mass is 9.43. The zero-order chi connectivity index (χ0) is 17.4. The predicted octanol–water partition coefficient (Wildman–Crippen LogP) is 3.64. The fraction of sp³-hybridized carbons (Fsp3) is 0.700. The van der Waals surface area contributed by atoms with Gasteiger partial charge in [0.15, 0.2) is 0 Å². The highest BCUT2D eigenvalue weighted by Crippen LogP contribution is 2.66. The highest BCUT2D eigenvalue weighted by Gasteiger charge is 2.68. The number of ether oxygens (including phenoxy) is 1. The van der Waals surface area contributed by atoms with Crippen molar-refractivity contribution in [2.24, 2.45) is 23.0 Å². The number of halogens is 1. The van der Waals surface area contributed by atoms with Crippen molar-refractivity contribution in [3.8, 4) is 5.75 Å². The minimum atomic E-state index is -0.227. The Balaban J connectivity index is 0.00000168. The minimum absolute atomic E-state index is 0. The summed E-state index contributed by atoms with van der Waals surface area (Å²) in [6.07, 6.45) is 2.60. The predicted molar refractivity (Wildman–Crippen MR) is 105 cm³/mol. The van der Waals surface area contributed by atoms with Gasteiger partial charge in [0.05, 0.1) is 18.3 Å². The lowest BCUT2D eigenvalue weighted by Crippen LogP contribution is -2.65. The summed E-state index contributed by atoms with van der Waals surface area (Å²) in [5.74, 6) is 2.71. The molecule has 2 heterocycles. The van der Waals surface area contributed by atoms with Crippen molar-refractivity contribution in [2.75, 3.05) is 13.2 Å². The molecule has 3 aliphatic carbocycles. The summed E-state index contributed by atoms with van der Waals surface area (Å²) in [6, 6.07) is 8.28. The van der Waals surface area contributed by atoms with Gasteiger partial charge in [-0.1, -0.05) is 32.0 Å². The molecule has 6 rings (SSSR count). The van der Waals surface area contributed by atoms with Crippen molar-refractivity contribution in [3.05, 3.63) is 29.8 Å². The van der Waals surface area contributed by atoms with Crippen LogP contribution in [0, 0.1) is 17.3 Å². The van der Waals surface area contributed by atoms with Crippen LogP contribution in [0.2, 0.25) is 5.82 Å². The van der Waals surface area contributed by atoms with E-state index in [4.69, 9.17) is 19.8 Å². The Morgan fingerprint density at radius 2 is 2.00 bits per heavy atom. The second kappa shape index (κ2) is 6.13. The molecule has 2 aliphatic heterocycles. The standard InChI is InChI=1S/C20H28BNO3.ClH/c1-19(2)12-8-17(19)20(3)18(9-12)24-21(25-20)15(10-22)14-11-23-16-7-5-4-6-13(14)16;/h4-7,12,14-15,17-18H,8-11,22H2,1-3H3;1H/t12-,14?,15?,17-,18+,20-;/m0./s1. The number of hydrogen-bond donors (Lipinski definition) is 1. The third-order valence-corrected chi connectivity index (χ3v) is 7.84.